The molecule has 0 spiro atoms. The summed E-state index contributed by atoms with van der Waals surface area (Å²) in [6, 6.07) is 25.4. The van der Waals surface area contributed by atoms with E-state index >= 15 is 0 Å². The Morgan fingerprint density at radius 1 is 0.893 bits per heavy atom. The van der Waals surface area contributed by atoms with Crippen LogP contribution in [0.4, 0.5) is 5.82 Å². The Kier molecular flexibility index (Phi) is 5.06. The van der Waals surface area contributed by atoms with E-state index in [0.717, 1.165) is 27.9 Å². The maximum atomic E-state index is 13.1. The second kappa shape index (κ2) is 7.96. The average Bonchev–Trinajstić information content (AvgIpc) is 2.75. The van der Waals surface area contributed by atoms with Crippen LogP contribution in [0.15, 0.2) is 83.7 Å². The molecule has 0 aliphatic carbocycles. The number of benzene rings is 3. The normalized spacial score (nSPS) is 10.8. The largest absolute Gasteiger partial charge is 0.497 e. The highest BCUT2D eigenvalue weighted by Crippen LogP contribution is 2.15. The van der Waals surface area contributed by atoms with E-state index in [1.807, 2.05) is 78.9 Å². The first-order valence-corrected chi connectivity index (χ1v) is 9.15. The Balaban J connectivity index is 1.68. The Labute approximate surface area is 163 Å². The molecule has 28 heavy (non-hydrogen) atoms. The summed E-state index contributed by atoms with van der Waals surface area (Å²) in [4.78, 5) is 17.7. The van der Waals surface area contributed by atoms with Crippen molar-refractivity contribution in [3.63, 3.8) is 0 Å². The van der Waals surface area contributed by atoms with Gasteiger partial charge in [0.25, 0.3) is 5.56 Å². The summed E-state index contributed by atoms with van der Waals surface area (Å²) in [5.74, 6) is 1.16. The van der Waals surface area contributed by atoms with Gasteiger partial charge in [0, 0.05) is 6.54 Å². The number of ether oxygens (including phenoxy) is 1. The van der Waals surface area contributed by atoms with E-state index in [2.05, 4.69) is 10.3 Å². The van der Waals surface area contributed by atoms with E-state index in [9.17, 15) is 4.79 Å². The van der Waals surface area contributed by atoms with E-state index in [1.54, 1.807) is 11.7 Å². The second-order valence-corrected chi connectivity index (χ2v) is 6.53. The fourth-order valence-electron chi connectivity index (χ4n) is 3.16. The van der Waals surface area contributed by atoms with Crippen LogP contribution < -0.4 is 15.6 Å². The molecule has 0 aliphatic heterocycles. The van der Waals surface area contributed by atoms with Gasteiger partial charge >= 0.3 is 0 Å². The number of aromatic nitrogens is 2. The summed E-state index contributed by atoms with van der Waals surface area (Å²) in [6.07, 6.45) is 0. The standard InChI is InChI=1S/C23H21N3O2/c1-28-19-13-11-17(12-14-19)15-24-22-23(27)26(16-18-7-3-2-4-8-18)21-10-6-5-9-20(21)25-22/h2-14H,15-16H2,1H3,(H,24,25). The van der Waals surface area contributed by atoms with Crippen LogP contribution in [0.25, 0.3) is 11.0 Å². The molecule has 0 saturated carbocycles. The monoisotopic (exact) mass is 371 g/mol. The number of nitrogens with one attached hydrogen (secondary N) is 1. The number of anilines is 1. The lowest BCUT2D eigenvalue weighted by molar-refractivity contribution is 0.414. The van der Waals surface area contributed by atoms with Crippen LogP contribution in [0.3, 0.4) is 0 Å². The highest BCUT2D eigenvalue weighted by atomic mass is 16.5. The third-order valence-corrected chi connectivity index (χ3v) is 4.66. The van der Waals surface area contributed by atoms with Gasteiger partial charge in [-0.25, -0.2) is 4.98 Å². The number of methoxy groups -OCH3 is 1. The fourth-order valence-corrected chi connectivity index (χ4v) is 3.16. The van der Waals surface area contributed by atoms with Crippen LogP contribution in [-0.4, -0.2) is 16.7 Å². The fraction of sp³-hybridized carbons (Fsp3) is 0.130. The van der Waals surface area contributed by atoms with E-state index in [4.69, 9.17) is 4.74 Å². The first-order chi connectivity index (χ1) is 13.7. The SMILES string of the molecule is COc1ccc(CNc2nc3ccccc3n(Cc3ccccc3)c2=O)cc1. The zero-order valence-corrected chi connectivity index (χ0v) is 15.6. The van der Waals surface area contributed by atoms with Gasteiger partial charge in [0.2, 0.25) is 0 Å². The molecule has 0 aliphatic rings. The molecule has 0 bridgehead atoms. The molecule has 1 N–H and O–H groups in total. The van der Waals surface area contributed by atoms with Gasteiger partial charge in [-0.05, 0) is 35.4 Å². The molecular weight excluding hydrogens is 350 g/mol. The Hall–Kier alpha value is -3.60. The minimum atomic E-state index is -0.129. The molecule has 5 heteroatoms. The molecule has 4 rings (SSSR count). The van der Waals surface area contributed by atoms with Crippen LogP contribution in [0.1, 0.15) is 11.1 Å². The molecular formula is C23H21N3O2. The molecule has 0 fully saturated rings. The molecule has 5 nitrogen and oxygen atoms in total. The van der Waals surface area contributed by atoms with Crippen molar-refractivity contribution in [2.75, 3.05) is 12.4 Å². The lowest BCUT2D eigenvalue weighted by Crippen LogP contribution is -2.26. The van der Waals surface area contributed by atoms with Crippen LogP contribution in [0.5, 0.6) is 5.75 Å². The van der Waals surface area contributed by atoms with Gasteiger partial charge in [-0.15, -0.1) is 0 Å². The van der Waals surface area contributed by atoms with E-state index in [0.29, 0.717) is 18.9 Å². The molecule has 0 amide bonds. The van der Waals surface area contributed by atoms with Gasteiger partial charge in [0.1, 0.15) is 5.75 Å². The summed E-state index contributed by atoms with van der Waals surface area (Å²) < 4.78 is 6.96. The number of hydrogen-bond donors (Lipinski definition) is 1. The predicted octanol–water partition coefficient (Wildman–Crippen LogP) is 4.07. The van der Waals surface area contributed by atoms with Crippen molar-refractivity contribution in [3.8, 4) is 5.75 Å². The molecule has 4 aromatic rings. The zero-order chi connectivity index (χ0) is 19.3. The zero-order valence-electron chi connectivity index (χ0n) is 15.6. The van der Waals surface area contributed by atoms with Crippen LogP contribution >= 0.6 is 0 Å². The van der Waals surface area contributed by atoms with Crippen molar-refractivity contribution in [1.82, 2.24) is 9.55 Å². The molecule has 0 atom stereocenters. The first-order valence-electron chi connectivity index (χ1n) is 9.15. The predicted molar refractivity (Wildman–Crippen MR) is 112 cm³/mol. The Bertz CT molecular complexity index is 1140. The number of nitrogens with zero attached hydrogens (tertiary/aromatic N) is 2. The van der Waals surface area contributed by atoms with Gasteiger partial charge in [0.05, 0.1) is 24.7 Å². The van der Waals surface area contributed by atoms with Gasteiger partial charge in [-0.1, -0.05) is 54.6 Å². The summed E-state index contributed by atoms with van der Waals surface area (Å²) in [5.41, 5.74) is 3.60. The van der Waals surface area contributed by atoms with Crippen molar-refractivity contribution in [1.29, 1.82) is 0 Å². The van der Waals surface area contributed by atoms with Gasteiger partial charge in [-0.3, -0.25) is 9.36 Å². The summed E-state index contributed by atoms with van der Waals surface area (Å²) in [7, 11) is 1.64. The third kappa shape index (κ3) is 3.74. The lowest BCUT2D eigenvalue weighted by Gasteiger charge is -2.13. The van der Waals surface area contributed by atoms with Crippen molar-refractivity contribution in [3.05, 3.63) is 100 Å². The van der Waals surface area contributed by atoms with Crippen molar-refractivity contribution >= 4 is 16.9 Å². The number of rotatable bonds is 6. The molecule has 0 unspecified atom stereocenters. The minimum Gasteiger partial charge on any atom is -0.497 e. The molecule has 140 valence electrons. The van der Waals surface area contributed by atoms with Gasteiger partial charge < -0.3 is 10.1 Å². The highest BCUT2D eigenvalue weighted by molar-refractivity contribution is 5.76. The minimum absolute atomic E-state index is 0.129. The van der Waals surface area contributed by atoms with Gasteiger partial charge in [-0.2, -0.15) is 0 Å². The maximum Gasteiger partial charge on any atom is 0.294 e. The maximum absolute atomic E-state index is 13.1. The van der Waals surface area contributed by atoms with Crippen LogP contribution in [0, 0.1) is 0 Å². The topological polar surface area (TPSA) is 56.1 Å². The quantitative estimate of drug-likeness (QED) is 0.555. The number of fused-ring (bicyclic) bond motifs is 1. The lowest BCUT2D eigenvalue weighted by atomic mass is 10.2. The number of para-hydroxylation sites is 2. The first kappa shape index (κ1) is 17.8. The number of hydrogen-bond acceptors (Lipinski definition) is 4. The van der Waals surface area contributed by atoms with Crippen LogP contribution in [-0.2, 0) is 13.1 Å². The molecule has 3 aromatic carbocycles. The summed E-state index contributed by atoms with van der Waals surface area (Å²) >= 11 is 0. The Morgan fingerprint density at radius 2 is 1.61 bits per heavy atom. The van der Waals surface area contributed by atoms with Crippen molar-refractivity contribution in [2.45, 2.75) is 13.1 Å². The third-order valence-electron chi connectivity index (χ3n) is 4.66. The molecule has 0 radical (unpaired) electrons. The van der Waals surface area contributed by atoms with E-state index in [-0.39, 0.29) is 5.56 Å². The van der Waals surface area contributed by atoms with E-state index < -0.39 is 0 Å². The molecule has 0 saturated heterocycles. The van der Waals surface area contributed by atoms with Gasteiger partial charge in [0.15, 0.2) is 5.82 Å². The summed E-state index contributed by atoms with van der Waals surface area (Å²) in [6.45, 7) is 1.01. The second-order valence-electron chi connectivity index (χ2n) is 6.53. The van der Waals surface area contributed by atoms with E-state index in [1.165, 1.54) is 0 Å². The van der Waals surface area contributed by atoms with Crippen molar-refractivity contribution < 1.29 is 4.74 Å². The smallest absolute Gasteiger partial charge is 0.294 e. The molecule has 1 heterocycles. The average molecular weight is 371 g/mol. The Morgan fingerprint density at radius 3 is 2.36 bits per heavy atom. The highest BCUT2D eigenvalue weighted by Gasteiger charge is 2.11. The van der Waals surface area contributed by atoms with Crippen molar-refractivity contribution in [2.24, 2.45) is 0 Å². The summed E-state index contributed by atoms with van der Waals surface area (Å²) in [5, 5.41) is 3.20. The molecule has 1 aromatic heterocycles. The van der Waals surface area contributed by atoms with Crippen LogP contribution in [0.2, 0.25) is 0 Å².